The highest BCUT2D eigenvalue weighted by molar-refractivity contribution is 5.99. The molecule has 8 heteroatoms. The molecule has 0 bridgehead atoms. The summed E-state index contributed by atoms with van der Waals surface area (Å²) in [5, 5.41) is 10.6. The summed E-state index contributed by atoms with van der Waals surface area (Å²) in [6, 6.07) is 13.3. The van der Waals surface area contributed by atoms with E-state index in [1.54, 1.807) is 30.3 Å². The Hall–Kier alpha value is -3.55. The zero-order valence-electron chi connectivity index (χ0n) is 14.5. The molecule has 1 heterocycles. The molecule has 0 fully saturated rings. The summed E-state index contributed by atoms with van der Waals surface area (Å²) in [6.07, 6.45) is -4.63. The van der Waals surface area contributed by atoms with E-state index in [0.717, 1.165) is 25.3 Å². The number of esters is 1. The van der Waals surface area contributed by atoms with Crippen LogP contribution in [-0.2, 0) is 10.9 Å². The maximum atomic E-state index is 13.0. The van der Waals surface area contributed by atoms with Crippen LogP contribution >= 0.6 is 0 Å². The minimum Gasteiger partial charge on any atom is -0.493 e. The monoisotopic (exact) mass is 389 g/mol. The van der Waals surface area contributed by atoms with E-state index >= 15 is 0 Å². The van der Waals surface area contributed by atoms with Gasteiger partial charge in [-0.3, -0.25) is 4.79 Å². The number of aromatic nitrogens is 1. The molecular weight excluding hydrogens is 375 g/mol. The number of carbonyl (C=O) groups excluding carboxylic acids is 1. The number of rotatable bonds is 3. The molecule has 2 aromatic carbocycles. The topological polar surface area (TPSA) is 68.5 Å². The second-order valence-corrected chi connectivity index (χ2v) is 5.84. The average molecular weight is 389 g/mol. The fraction of sp³-hybridized carbons (Fsp3) is 0.100. The quantitative estimate of drug-likeness (QED) is 0.687. The molecule has 0 aliphatic heterocycles. The molecule has 1 aromatic heterocycles. The molecule has 0 aliphatic carbocycles. The molecule has 0 saturated heterocycles. The van der Waals surface area contributed by atoms with E-state index in [2.05, 4.69) is 0 Å². The average Bonchev–Trinajstić information content (AvgIpc) is 2.67. The molecule has 0 spiro atoms. The van der Waals surface area contributed by atoms with E-state index in [1.165, 1.54) is 6.07 Å². The van der Waals surface area contributed by atoms with Crippen molar-refractivity contribution in [3.63, 3.8) is 0 Å². The first-order valence-corrected chi connectivity index (χ1v) is 8.04. The van der Waals surface area contributed by atoms with Gasteiger partial charge < -0.3 is 9.84 Å². The van der Waals surface area contributed by atoms with Crippen LogP contribution < -0.4 is 5.56 Å². The third-order valence-electron chi connectivity index (χ3n) is 4.10. The van der Waals surface area contributed by atoms with E-state index in [-0.39, 0.29) is 16.8 Å². The molecule has 28 heavy (non-hydrogen) atoms. The number of pyridine rings is 1. The number of hydrogen-bond acceptors (Lipinski definition) is 4. The predicted molar refractivity (Wildman–Crippen MR) is 95.5 cm³/mol. The fourth-order valence-corrected chi connectivity index (χ4v) is 2.82. The number of hydrogen-bond donors (Lipinski definition) is 1. The van der Waals surface area contributed by atoms with E-state index in [4.69, 9.17) is 4.74 Å². The van der Waals surface area contributed by atoms with Gasteiger partial charge in [0.25, 0.3) is 5.56 Å². The van der Waals surface area contributed by atoms with Gasteiger partial charge in [-0.25, -0.2) is 9.36 Å². The van der Waals surface area contributed by atoms with Crippen molar-refractivity contribution in [2.75, 3.05) is 7.11 Å². The van der Waals surface area contributed by atoms with E-state index in [0.29, 0.717) is 16.2 Å². The van der Waals surface area contributed by atoms with Gasteiger partial charge in [0.1, 0.15) is 5.56 Å². The van der Waals surface area contributed by atoms with Crippen molar-refractivity contribution in [3.05, 3.63) is 82.1 Å². The lowest BCUT2D eigenvalue weighted by Gasteiger charge is -2.16. The molecule has 0 atom stereocenters. The normalized spacial score (nSPS) is 11.3. The number of ether oxygens (including phenoxy) is 1. The Bertz CT molecular complexity index is 1090. The van der Waals surface area contributed by atoms with Crippen molar-refractivity contribution in [1.29, 1.82) is 0 Å². The van der Waals surface area contributed by atoms with Crippen molar-refractivity contribution in [2.45, 2.75) is 6.18 Å². The molecular formula is C20H14F3NO4. The van der Waals surface area contributed by atoms with Gasteiger partial charge >= 0.3 is 12.1 Å². The molecule has 0 amide bonds. The van der Waals surface area contributed by atoms with Crippen molar-refractivity contribution >= 4 is 5.97 Å². The van der Waals surface area contributed by atoms with Crippen LogP contribution in [0, 0.1) is 0 Å². The molecule has 0 radical (unpaired) electrons. The van der Waals surface area contributed by atoms with E-state index < -0.39 is 29.1 Å². The smallest absolute Gasteiger partial charge is 0.416 e. The molecule has 144 valence electrons. The Labute approximate surface area is 157 Å². The van der Waals surface area contributed by atoms with Crippen LogP contribution in [-0.4, -0.2) is 22.8 Å². The maximum absolute atomic E-state index is 13.0. The third kappa shape index (κ3) is 3.48. The summed E-state index contributed by atoms with van der Waals surface area (Å²) < 4.78 is 44.4. The highest BCUT2D eigenvalue weighted by Gasteiger charge is 2.31. The number of carbonyl (C=O) groups is 1. The van der Waals surface area contributed by atoms with Gasteiger partial charge in [-0.15, -0.1) is 0 Å². The predicted octanol–water partition coefficient (Wildman–Crippen LogP) is 4.02. The number of halogens is 3. The molecule has 0 saturated carbocycles. The van der Waals surface area contributed by atoms with E-state index in [1.807, 2.05) is 0 Å². The molecule has 0 aliphatic rings. The second kappa shape index (κ2) is 7.22. The zero-order valence-corrected chi connectivity index (χ0v) is 14.5. The molecule has 0 unspecified atom stereocenters. The van der Waals surface area contributed by atoms with Crippen molar-refractivity contribution < 1.29 is 27.8 Å². The second-order valence-electron chi connectivity index (χ2n) is 5.84. The minimum atomic E-state index is -4.63. The van der Waals surface area contributed by atoms with Gasteiger partial charge in [0.05, 0.1) is 18.4 Å². The fourth-order valence-electron chi connectivity index (χ4n) is 2.82. The highest BCUT2D eigenvalue weighted by Crippen LogP contribution is 2.33. The minimum absolute atomic E-state index is 0.109. The van der Waals surface area contributed by atoms with Crippen LogP contribution in [0.3, 0.4) is 0 Å². The zero-order chi connectivity index (χ0) is 20.5. The van der Waals surface area contributed by atoms with Crippen LogP contribution in [0.4, 0.5) is 13.2 Å². The summed E-state index contributed by atoms with van der Waals surface area (Å²) >= 11 is 0. The van der Waals surface area contributed by atoms with Gasteiger partial charge in [0, 0.05) is 11.6 Å². The van der Waals surface area contributed by atoms with Crippen LogP contribution in [0.15, 0.2) is 65.5 Å². The Morgan fingerprint density at radius 3 is 2.32 bits per heavy atom. The van der Waals surface area contributed by atoms with Gasteiger partial charge in [-0.1, -0.05) is 36.4 Å². The molecule has 5 nitrogen and oxygen atoms in total. The van der Waals surface area contributed by atoms with Crippen LogP contribution in [0.1, 0.15) is 15.9 Å². The number of benzene rings is 2. The van der Waals surface area contributed by atoms with E-state index in [9.17, 15) is 27.9 Å². The summed E-state index contributed by atoms with van der Waals surface area (Å²) in [6.45, 7) is 0. The lowest BCUT2D eigenvalue weighted by atomic mass is 10.0. The Balaban J connectivity index is 2.31. The number of aromatic hydroxyl groups is 1. The summed E-state index contributed by atoms with van der Waals surface area (Å²) in [5.41, 5.74) is -1.79. The molecule has 3 rings (SSSR count). The van der Waals surface area contributed by atoms with Crippen molar-refractivity contribution in [1.82, 2.24) is 4.57 Å². The van der Waals surface area contributed by atoms with Crippen LogP contribution in [0.25, 0.3) is 16.8 Å². The molecule has 3 aromatic rings. The molecule has 1 N–H and O–H groups in total. The van der Waals surface area contributed by atoms with Crippen LogP contribution in [0.2, 0.25) is 0 Å². The number of alkyl halides is 3. The first-order chi connectivity index (χ1) is 13.2. The highest BCUT2D eigenvalue weighted by atomic mass is 19.4. The summed E-state index contributed by atoms with van der Waals surface area (Å²) in [4.78, 5) is 24.9. The van der Waals surface area contributed by atoms with Crippen molar-refractivity contribution in [3.8, 4) is 22.7 Å². The van der Waals surface area contributed by atoms with Gasteiger partial charge in [0.2, 0.25) is 5.88 Å². The first kappa shape index (κ1) is 19.2. The standard InChI is InChI=1S/C20H14F3NO4/c1-28-19(27)17-15(12-6-3-2-4-7-12)11-16(25)24(18(17)26)14-9-5-8-13(10-14)20(21,22)23/h2-11,26H,1H3. The number of methoxy groups -OCH3 is 1. The van der Waals surface area contributed by atoms with Crippen molar-refractivity contribution in [2.24, 2.45) is 0 Å². The first-order valence-electron chi connectivity index (χ1n) is 8.04. The Morgan fingerprint density at radius 1 is 1.04 bits per heavy atom. The number of nitrogens with zero attached hydrogens (tertiary/aromatic N) is 1. The SMILES string of the molecule is COC(=O)c1c(-c2ccccc2)cc(=O)n(-c2cccc(C(F)(F)F)c2)c1O. The lowest BCUT2D eigenvalue weighted by Crippen LogP contribution is -2.22. The Kier molecular flexibility index (Phi) is 4.96. The van der Waals surface area contributed by atoms with Gasteiger partial charge in [-0.2, -0.15) is 13.2 Å². The summed E-state index contributed by atoms with van der Waals surface area (Å²) in [7, 11) is 1.09. The summed E-state index contributed by atoms with van der Waals surface area (Å²) in [5.74, 6) is -1.74. The lowest BCUT2D eigenvalue weighted by molar-refractivity contribution is -0.137. The Morgan fingerprint density at radius 2 is 1.71 bits per heavy atom. The van der Waals surface area contributed by atoms with Crippen LogP contribution in [0.5, 0.6) is 5.88 Å². The third-order valence-corrected chi connectivity index (χ3v) is 4.10. The maximum Gasteiger partial charge on any atom is 0.416 e. The van der Waals surface area contributed by atoms with Gasteiger partial charge in [-0.05, 0) is 23.8 Å². The van der Waals surface area contributed by atoms with Gasteiger partial charge in [0.15, 0.2) is 0 Å². The largest absolute Gasteiger partial charge is 0.493 e.